The maximum absolute atomic E-state index is 13.5. The van der Waals surface area contributed by atoms with Gasteiger partial charge in [0, 0.05) is 12.1 Å². The van der Waals surface area contributed by atoms with Crippen LogP contribution in [-0.4, -0.2) is 36.9 Å². The molecule has 0 fully saturated rings. The van der Waals surface area contributed by atoms with E-state index in [-0.39, 0.29) is 16.4 Å². The summed E-state index contributed by atoms with van der Waals surface area (Å²) in [6.07, 6.45) is 4.88. The van der Waals surface area contributed by atoms with Crippen molar-refractivity contribution < 1.29 is 31.5 Å². The molecule has 0 saturated carbocycles. The Hall–Kier alpha value is -2.05. The number of halogens is 3. The molecular weight excluding hydrogens is 299 g/mol. The second kappa shape index (κ2) is 5.94. The van der Waals surface area contributed by atoms with Crippen LogP contribution in [0.1, 0.15) is 0 Å². The molecule has 1 rings (SSSR count). The van der Waals surface area contributed by atoms with Gasteiger partial charge in [-0.25, -0.2) is 21.6 Å². The minimum absolute atomic E-state index is 0.171. The van der Waals surface area contributed by atoms with Gasteiger partial charge in [-0.1, -0.05) is 5.92 Å². The largest absolute Gasteiger partial charge is 0.480 e. The predicted molar refractivity (Wildman–Crippen MR) is 61.5 cm³/mol. The molecule has 0 atom stereocenters. The van der Waals surface area contributed by atoms with Crippen LogP contribution in [0.25, 0.3) is 0 Å². The van der Waals surface area contributed by atoms with Gasteiger partial charge in [-0.2, -0.15) is 4.31 Å². The minimum atomic E-state index is -4.84. The summed E-state index contributed by atoms with van der Waals surface area (Å²) in [5.74, 6) is -4.35. The van der Waals surface area contributed by atoms with E-state index < -0.39 is 51.4 Å². The van der Waals surface area contributed by atoms with E-state index in [9.17, 15) is 26.4 Å². The van der Waals surface area contributed by atoms with Crippen LogP contribution >= 0.6 is 0 Å². The van der Waals surface area contributed by atoms with Gasteiger partial charge in [-0.05, 0) is 0 Å². The molecular formula is C11H8F3NO4S. The van der Waals surface area contributed by atoms with E-state index in [1.54, 1.807) is 0 Å². The summed E-state index contributed by atoms with van der Waals surface area (Å²) in [7, 11) is -4.84. The molecule has 20 heavy (non-hydrogen) atoms. The van der Waals surface area contributed by atoms with Gasteiger partial charge in [0.15, 0.2) is 4.90 Å². The van der Waals surface area contributed by atoms with E-state index in [0.29, 0.717) is 0 Å². The molecule has 0 unspecified atom stereocenters. The summed E-state index contributed by atoms with van der Waals surface area (Å²) in [5.41, 5.74) is 0. The zero-order valence-corrected chi connectivity index (χ0v) is 10.6. The average molecular weight is 307 g/mol. The predicted octanol–water partition coefficient (Wildman–Crippen LogP) is 0.812. The number of benzene rings is 1. The number of nitrogens with zero attached hydrogens (tertiary/aromatic N) is 1. The van der Waals surface area contributed by atoms with Crippen LogP contribution in [0.3, 0.4) is 0 Å². The van der Waals surface area contributed by atoms with Gasteiger partial charge in [0.05, 0.1) is 6.54 Å². The van der Waals surface area contributed by atoms with Crippen molar-refractivity contribution in [1.29, 1.82) is 0 Å². The third-order valence-electron chi connectivity index (χ3n) is 2.14. The first-order chi connectivity index (χ1) is 9.20. The topological polar surface area (TPSA) is 74.7 Å². The fraction of sp³-hybridized carbons (Fsp3) is 0.182. The third-order valence-corrected chi connectivity index (χ3v) is 3.98. The lowest BCUT2D eigenvalue weighted by Gasteiger charge is -2.18. The highest BCUT2D eigenvalue weighted by Gasteiger charge is 2.32. The number of sulfonamides is 1. The van der Waals surface area contributed by atoms with Crippen LogP contribution in [0.2, 0.25) is 0 Å². The molecule has 0 aromatic heterocycles. The highest BCUT2D eigenvalue weighted by atomic mass is 32.2. The van der Waals surface area contributed by atoms with E-state index in [1.807, 2.05) is 5.92 Å². The quantitative estimate of drug-likeness (QED) is 0.817. The Morgan fingerprint density at radius 1 is 1.30 bits per heavy atom. The van der Waals surface area contributed by atoms with E-state index in [0.717, 1.165) is 0 Å². The molecule has 5 nitrogen and oxygen atoms in total. The van der Waals surface area contributed by atoms with Crippen molar-refractivity contribution in [2.75, 3.05) is 13.1 Å². The van der Waals surface area contributed by atoms with Crippen molar-refractivity contribution in [2.24, 2.45) is 0 Å². The number of rotatable bonds is 5. The molecule has 0 spiro atoms. The summed E-state index contributed by atoms with van der Waals surface area (Å²) >= 11 is 0. The van der Waals surface area contributed by atoms with Crippen molar-refractivity contribution in [3.05, 3.63) is 29.6 Å². The third kappa shape index (κ3) is 3.28. The average Bonchev–Trinajstić information content (AvgIpc) is 2.25. The fourth-order valence-corrected chi connectivity index (χ4v) is 2.78. The van der Waals surface area contributed by atoms with E-state index in [4.69, 9.17) is 11.5 Å². The molecule has 0 aliphatic heterocycles. The smallest absolute Gasteiger partial charge is 0.318 e. The van der Waals surface area contributed by atoms with Crippen molar-refractivity contribution in [3.8, 4) is 12.3 Å². The first-order valence-electron chi connectivity index (χ1n) is 5.00. The van der Waals surface area contributed by atoms with Gasteiger partial charge in [0.2, 0.25) is 10.0 Å². The van der Waals surface area contributed by atoms with Crippen LogP contribution in [0.4, 0.5) is 13.2 Å². The maximum Gasteiger partial charge on any atom is 0.318 e. The summed E-state index contributed by atoms with van der Waals surface area (Å²) < 4.78 is 63.8. The number of aliphatic carboxylic acids is 1. The zero-order chi connectivity index (χ0) is 15.5. The van der Waals surface area contributed by atoms with Crippen LogP contribution < -0.4 is 0 Å². The molecule has 1 N–H and O–H groups in total. The molecule has 9 heteroatoms. The van der Waals surface area contributed by atoms with E-state index >= 15 is 0 Å². The van der Waals surface area contributed by atoms with E-state index in [1.165, 1.54) is 0 Å². The van der Waals surface area contributed by atoms with Crippen molar-refractivity contribution in [2.45, 2.75) is 4.90 Å². The second-order valence-corrected chi connectivity index (χ2v) is 5.44. The van der Waals surface area contributed by atoms with Crippen molar-refractivity contribution >= 4 is 16.0 Å². The minimum Gasteiger partial charge on any atom is -0.480 e. The normalized spacial score (nSPS) is 11.3. The van der Waals surface area contributed by atoms with Crippen LogP contribution in [-0.2, 0) is 14.8 Å². The Morgan fingerprint density at radius 2 is 1.80 bits per heavy atom. The molecule has 0 bridgehead atoms. The summed E-state index contributed by atoms with van der Waals surface area (Å²) in [6.45, 7) is -1.78. The molecule has 0 saturated heterocycles. The molecule has 0 heterocycles. The standard InChI is InChI=1S/C11H8F3NO4S/c1-2-3-15(6-10(16)17)20(18,19)11-8(13)4-7(12)5-9(11)14/h1,4-5H,3,6H2,(H,16,17). The number of carbonyl (C=O) groups is 1. The van der Waals surface area contributed by atoms with Gasteiger partial charge in [0.25, 0.3) is 0 Å². The number of terminal acetylenes is 1. The van der Waals surface area contributed by atoms with Crippen LogP contribution in [0.5, 0.6) is 0 Å². The lowest BCUT2D eigenvalue weighted by atomic mass is 10.3. The first kappa shape index (κ1) is 16.0. The number of carboxylic acid groups (broad SMARTS) is 1. The lowest BCUT2D eigenvalue weighted by Crippen LogP contribution is -2.37. The highest BCUT2D eigenvalue weighted by molar-refractivity contribution is 7.89. The summed E-state index contributed by atoms with van der Waals surface area (Å²) in [4.78, 5) is 9.12. The van der Waals surface area contributed by atoms with Crippen LogP contribution in [0.15, 0.2) is 17.0 Å². The summed E-state index contributed by atoms with van der Waals surface area (Å²) in [5, 5.41) is 8.58. The highest BCUT2D eigenvalue weighted by Crippen LogP contribution is 2.23. The molecule has 1 aromatic rings. The number of hydrogen-bond donors (Lipinski definition) is 1. The Morgan fingerprint density at radius 3 is 2.20 bits per heavy atom. The second-order valence-electron chi connectivity index (χ2n) is 3.57. The van der Waals surface area contributed by atoms with E-state index in [2.05, 4.69) is 0 Å². The molecule has 0 aliphatic rings. The van der Waals surface area contributed by atoms with Gasteiger partial charge >= 0.3 is 5.97 Å². The number of carboxylic acids is 1. The summed E-state index contributed by atoms with van der Waals surface area (Å²) in [6, 6.07) is 0.343. The van der Waals surface area contributed by atoms with Crippen molar-refractivity contribution in [3.63, 3.8) is 0 Å². The van der Waals surface area contributed by atoms with Gasteiger partial charge in [-0.3, -0.25) is 4.79 Å². The first-order valence-corrected chi connectivity index (χ1v) is 6.44. The molecule has 0 aliphatic carbocycles. The lowest BCUT2D eigenvalue weighted by molar-refractivity contribution is -0.137. The van der Waals surface area contributed by atoms with Gasteiger partial charge in [-0.15, -0.1) is 6.42 Å². The fourth-order valence-electron chi connectivity index (χ4n) is 1.38. The molecule has 0 amide bonds. The monoisotopic (exact) mass is 307 g/mol. The van der Waals surface area contributed by atoms with Crippen LogP contribution in [0, 0.1) is 29.8 Å². The maximum atomic E-state index is 13.5. The zero-order valence-electron chi connectivity index (χ0n) is 9.81. The molecule has 0 radical (unpaired) electrons. The Kier molecular flexibility index (Phi) is 4.75. The van der Waals surface area contributed by atoms with Crippen molar-refractivity contribution in [1.82, 2.24) is 4.31 Å². The SMILES string of the molecule is C#CCN(CC(=O)O)S(=O)(=O)c1c(F)cc(F)cc1F. The molecule has 1 aromatic carbocycles. The molecule has 108 valence electrons. The Bertz CT molecular complexity index is 658. The van der Waals surface area contributed by atoms with Gasteiger partial charge < -0.3 is 5.11 Å². The Balaban J connectivity index is 3.41. The Labute approximate surface area is 112 Å². The number of hydrogen-bond acceptors (Lipinski definition) is 3. The van der Waals surface area contributed by atoms with Gasteiger partial charge in [0.1, 0.15) is 24.0 Å².